The Hall–Kier alpha value is -1.36. The molecule has 0 radical (unpaired) electrons. The standard InChI is InChI=1S/C16H10BrCl2NO2/c1-22-16(21)13-5-8-4-9(17)7-20-15(8)14(19)11-3-2-10(18)6-12(11)13/h2-7,14H,1H3. The van der Waals surface area contributed by atoms with Gasteiger partial charge >= 0.3 is 5.97 Å². The molecule has 22 heavy (non-hydrogen) atoms. The van der Waals surface area contributed by atoms with Gasteiger partial charge in [0.1, 0.15) is 5.38 Å². The van der Waals surface area contributed by atoms with Crippen molar-refractivity contribution in [2.75, 3.05) is 7.11 Å². The molecule has 0 spiro atoms. The minimum Gasteiger partial charge on any atom is -0.465 e. The van der Waals surface area contributed by atoms with Crippen molar-refractivity contribution in [3.63, 3.8) is 0 Å². The number of carbonyl (C=O) groups is 1. The first-order chi connectivity index (χ1) is 10.5. The maximum atomic E-state index is 12.2. The molecule has 0 amide bonds. The molecule has 3 nitrogen and oxygen atoms in total. The summed E-state index contributed by atoms with van der Waals surface area (Å²) in [5.74, 6) is -0.444. The number of hydrogen-bond acceptors (Lipinski definition) is 3. The van der Waals surface area contributed by atoms with Crippen molar-refractivity contribution in [2.45, 2.75) is 5.38 Å². The lowest BCUT2D eigenvalue weighted by atomic mass is 9.98. The fourth-order valence-electron chi connectivity index (χ4n) is 2.44. The average molecular weight is 399 g/mol. The molecule has 1 aliphatic rings. The number of hydrogen-bond donors (Lipinski definition) is 0. The first-order valence-corrected chi connectivity index (χ1v) is 8.01. The van der Waals surface area contributed by atoms with Crippen LogP contribution in [0.25, 0.3) is 11.6 Å². The molecule has 112 valence electrons. The van der Waals surface area contributed by atoms with E-state index in [2.05, 4.69) is 20.9 Å². The Morgan fingerprint density at radius 3 is 2.86 bits per heavy atom. The zero-order chi connectivity index (χ0) is 15.9. The molecule has 1 aromatic heterocycles. The number of esters is 1. The van der Waals surface area contributed by atoms with Gasteiger partial charge in [-0.2, -0.15) is 0 Å². The Balaban J connectivity index is 2.34. The van der Waals surface area contributed by atoms with Crippen LogP contribution in [0.4, 0.5) is 0 Å². The van der Waals surface area contributed by atoms with Gasteiger partial charge in [-0.25, -0.2) is 4.79 Å². The molecule has 6 heteroatoms. The second-order valence-electron chi connectivity index (χ2n) is 4.77. The fraction of sp³-hybridized carbons (Fsp3) is 0.125. The van der Waals surface area contributed by atoms with E-state index in [1.165, 1.54) is 7.11 Å². The summed E-state index contributed by atoms with van der Waals surface area (Å²) in [6, 6.07) is 7.14. The van der Waals surface area contributed by atoms with E-state index in [1.807, 2.05) is 12.1 Å². The summed E-state index contributed by atoms with van der Waals surface area (Å²) in [6.45, 7) is 0. The molecule has 1 unspecified atom stereocenters. The van der Waals surface area contributed by atoms with Crippen molar-refractivity contribution in [1.82, 2.24) is 4.98 Å². The van der Waals surface area contributed by atoms with E-state index >= 15 is 0 Å². The van der Waals surface area contributed by atoms with Crippen LogP contribution in [0, 0.1) is 0 Å². The molecule has 1 atom stereocenters. The van der Waals surface area contributed by atoms with Crippen LogP contribution in [0.5, 0.6) is 0 Å². The van der Waals surface area contributed by atoms with Crippen LogP contribution < -0.4 is 0 Å². The summed E-state index contributed by atoms with van der Waals surface area (Å²) in [6.07, 6.45) is 3.41. The largest absolute Gasteiger partial charge is 0.465 e. The number of aromatic nitrogens is 1. The quantitative estimate of drug-likeness (QED) is 0.509. The van der Waals surface area contributed by atoms with Crippen LogP contribution in [0.1, 0.15) is 27.8 Å². The van der Waals surface area contributed by atoms with E-state index in [9.17, 15) is 4.79 Å². The SMILES string of the molecule is COC(=O)C1=Cc2cc(Br)cnc2C(Cl)c2ccc(Cl)cc21. The van der Waals surface area contributed by atoms with E-state index in [0.29, 0.717) is 21.9 Å². The van der Waals surface area contributed by atoms with Crippen LogP contribution in [-0.4, -0.2) is 18.1 Å². The molecule has 1 aliphatic carbocycles. The van der Waals surface area contributed by atoms with Gasteiger partial charge in [0.15, 0.2) is 0 Å². The summed E-state index contributed by atoms with van der Waals surface area (Å²) < 4.78 is 5.70. The van der Waals surface area contributed by atoms with Crippen molar-refractivity contribution in [2.24, 2.45) is 0 Å². The van der Waals surface area contributed by atoms with Gasteiger partial charge in [-0.1, -0.05) is 17.7 Å². The molecular weight excluding hydrogens is 389 g/mol. The Bertz CT molecular complexity index is 805. The van der Waals surface area contributed by atoms with Gasteiger partial charge in [-0.3, -0.25) is 4.98 Å². The van der Waals surface area contributed by atoms with Crippen LogP contribution in [-0.2, 0) is 9.53 Å². The first-order valence-electron chi connectivity index (χ1n) is 6.40. The van der Waals surface area contributed by atoms with Crippen molar-refractivity contribution in [3.05, 3.63) is 62.3 Å². The predicted octanol–water partition coefficient (Wildman–Crippen LogP) is 4.85. The van der Waals surface area contributed by atoms with Crippen molar-refractivity contribution in [1.29, 1.82) is 0 Å². The summed E-state index contributed by atoms with van der Waals surface area (Å²) >= 11 is 16.1. The second-order valence-corrected chi connectivity index (χ2v) is 6.56. The number of pyridine rings is 1. The summed E-state index contributed by atoms with van der Waals surface area (Å²) in [7, 11) is 1.34. The highest BCUT2D eigenvalue weighted by Crippen LogP contribution is 2.41. The van der Waals surface area contributed by atoms with Crippen LogP contribution >= 0.6 is 39.1 Å². The van der Waals surface area contributed by atoms with Gasteiger partial charge in [-0.15, -0.1) is 11.6 Å². The Morgan fingerprint density at radius 2 is 2.14 bits per heavy atom. The normalized spacial score (nSPS) is 16.2. The third-order valence-electron chi connectivity index (χ3n) is 3.44. The predicted molar refractivity (Wildman–Crippen MR) is 91.0 cm³/mol. The lowest BCUT2D eigenvalue weighted by Gasteiger charge is -2.14. The maximum absolute atomic E-state index is 12.2. The van der Waals surface area contributed by atoms with E-state index in [4.69, 9.17) is 27.9 Å². The smallest absolute Gasteiger partial charge is 0.338 e. The Morgan fingerprint density at radius 1 is 1.36 bits per heavy atom. The minimum atomic E-state index is -0.478. The number of ether oxygens (including phenoxy) is 1. The molecule has 1 aromatic carbocycles. The summed E-state index contributed by atoms with van der Waals surface area (Å²) in [5.41, 5.74) is 3.29. The third kappa shape index (κ3) is 2.67. The number of rotatable bonds is 1. The Labute approximate surface area is 146 Å². The van der Waals surface area contributed by atoms with Crippen LogP contribution in [0.15, 0.2) is 34.9 Å². The zero-order valence-corrected chi connectivity index (χ0v) is 14.5. The van der Waals surface area contributed by atoms with Gasteiger partial charge < -0.3 is 4.74 Å². The molecule has 0 N–H and O–H groups in total. The molecule has 3 rings (SSSR count). The van der Waals surface area contributed by atoms with Crippen molar-refractivity contribution >= 4 is 56.8 Å². The fourth-order valence-corrected chi connectivity index (χ4v) is 3.33. The molecule has 0 aliphatic heterocycles. The highest BCUT2D eigenvalue weighted by molar-refractivity contribution is 9.10. The van der Waals surface area contributed by atoms with E-state index in [0.717, 1.165) is 15.6 Å². The average Bonchev–Trinajstić information content (AvgIpc) is 2.61. The lowest BCUT2D eigenvalue weighted by Crippen LogP contribution is -2.06. The molecule has 0 saturated carbocycles. The van der Waals surface area contributed by atoms with Gasteiger partial charge in [0.25, 0.3) is 0 Å². The molecule has 2 aromatic rings. The molecule has 0 saturated heterocycles. The lowest BCUT2D eigenvalue weighted by molar-refractivity contribution is -0.133. The van der Waals surface area contributed by atoms with Crippen LogP contribution in [0.2, 0.25) is 5.02 Å². The van der Waals surface area contributed by atoms with E-state index in [-0.39, 0.29) is 0 Å². The Kier molecular flexibility index (Phi) is 4.26. The molecule has 1 heterocycles. The monoisotopic (exact) mass is 397 g/mol. The third-order valence-corrected chi connectivity index (χ3v) is 4.55. The number of halogens is 3. The van der Waals surface area contributed by atoms with Crippen molar-refractivity contribution < 1.29 is 9.53 Å². The maximum Gasteiger partial charge on any atom is 0.338 e. The second kappa shape index (κ2) is 6.03. The van der Waals surface area contributed by atoms with E-state index in [1.54, 1.807) is 24.4 Å². The molecule has 0 fully saturated rings. The molecular formula is C16H10BrCl2NO2. The van der Waals surface area contributed by atoms with Gasteiger partial charge in [0.05, 0.1) is 18.4 Å². The topological polar surface area (TPSA) is 39.2 Å². The van der Waals surface area contributed by atoms with Crippen molar-refractivity contribution in [3.8, 4) is 0 Å². The van der Waals surface area contributed by atoms with Gasteiger partial charge in [0.2, 0.25) is 0 Å². The van der Waals surface area contributed by atoms with Crippen LogP contribution in [0.3, 0.4) is 0 Å². The number of carbonyl (C=O) groups excluding carboxylic acids is 1. The summed E-state index contributed by atoms with van der Waals surface area (Å²) in [5, 5.41) is 0.0475. The number of benzene rings is 1. The molecule has 0 bridgehead atoms. The zero-order valence-electron chi connectivity index (χ0n) is 11.4. The van der Waals surface area contributed by atoms with Gasteiger partial charge in [0, 0.05) is 15.7 Å². The van der Waals surface area contributed by atoms with E-state index < -0.39 is 11.3 Å². The minimum absolute atomic E-state index is 0.407. The number of fused-ring (bicyclic) bond motifs is 2. The highest BCUT2D eigenvalue weighted by atomic mass is 79.9. The highest BCUT2D eigenvalue weighted by Gasteiger charge is 2.27. The first kappa shape index (κ1) is 15.5. The van der Waals surface area contributed by atoms with Gasteiger partial charge in [-0.05, 0) is 56.9 Å². The summed E-state index contributed by atoms with van der Waals surface area (Å²) in [4.78, 5) is 16.6. The number of nitrogens with zero attached hydrogens (tertiary/aromatic N) is 1. The number of methoxy groups -OCH3 is 1. The number of alkyl halides is 1.